The van der Waals surface area contributed by atoms with Crippen LogP contribution in [0.15, 0.2) is 30.3 Å². The maximum atomic E-state index is 11.9. The Morgan fingerprint density at radius 2 is 1.43 bits per heavy atom. The molecule has 0 aliphatic rings. The lowest BCUT2D eigenvalue weighted by molar-refractivity contribution is 0.558. The van der Waals surface area contributed by atoms with Crippen molar-refractivity contribution in [2.24, 2.45) is 0 Å². The van der Waals surface area contributed by atoms with E-state index in [0.29, 0.717) is 6.54 Å². The Balaban J connectivity index is 2.06. The largest absolute Gasteiger partial charge is 0.215 e. The third kappa shape index (κ3) is 9.64. The Morgan fingerprint density at radius 1 is 0.857 bits per heavy atom. The second kappa shape index (κ2) is 10.8. The SMILES string of the molecule is CCCCCCCCCCNS(=O)(=O)Cc1ccccc1. The minimum Gasteiger partial charge on any atom is -0.215 e. The molecule has 1 N–H and O–H groups in total. The number of rotatable bonds is 12. The van der Waals surface area contributed by atoms with Crippen molar-refractivity contribution in [3.8, 4) is 0 Å². The van der Waals surface area contributed by atoms with E-state index in [1.807, 2.05) is 30.3 Å². The Morgan fingerprint density at radius 3 is 2.05 bits per heavy atom. The molecule has 0 radical (unpaired) electrons. The van der Waals surface area contributed by atoms with Crippen LogP contribution in [0.5, 0.6) is 0 Å². The van der Waals surface area contributed by atoms with E-state index in [1.165, 1.54) is 38.5 Å². The monoisotopic (exact) mass is 311 g/mol. The predicted molar refractivity (Wildman–Crippen MR) is 89.7 cm³/mol. The smallest absolute Gasteiger partial charge is 0.215 e. The van der Waals surface area contributed by atoms with E-state index in [-0.39, 0.29) is 5.75 Å². The number of benzene rings is 1. The van der Waals surface area contributed by atoms with E-state index in [1.54, 1.807) is 0 Å². The van der Waals surface area contributed by atoms with Crippen molar-refractivity contribution in [1.29, 1.82) is 0 Å². The number of nitrogens with one attached hydrogen (secondary N) is 1. The fourth-order valence-electron chi connectivity index (χ4n) is 2.33. The van der Waals surface area contributed by atoms with Crippen LogP contribution < -0.4 is 4.72 Å². The van der Waals surface area contributed by atoms with Gasteiger partial charge in [-0.15, -0.1) is 0 Å². The van der Waals surface area contributed by atoms with Gasteiger partial charge in [0, 0.05) is 6.54 Å². The highest BCUT2D eigenvalue weighted by Gasteiger charge is 2.09. The average Bonchev–Trinajstić information content (AvgIpc) is 2.46. The first-order valence-corrected chi connectivity index (χ1v) is 9.80. The Kier molecular flexibility index (Phi) is 9.35. The van der Waals surface area contributed by atoms with Gasteiger partial charge < -0.3 is 0 Å². The van der Waals surface area contributed by atoms with Crippen LogP contribution in [-0.4, -0.2) is 15.0 Å². The lowest BCUT2D eigenvalue weighted by atomic mass is 10.1. The lowest BCUT2D eigenvalue weighted by Gasteiger charge is -2.07. The maximum Gasteiger partial charge on any atom is 0.215 e. The fourth-order valence-corrected chi connectivity index (χ4v) is 3.52. The summed E-state index contributed by atoms with van der Waals surface area (Å²) >= 11 is 0. The van der Waals surface area contributed by atoms with Gasteiger partial charge in [-0.2, -0.15) is 0 Å². The molecular formula is C17H29NO2S. The third-order valence-electron chi connectivity index (χ3n) is 3.55. The van der Waals surface area contributed by atoms with E-state index in [4.69, 9.17) is 0 Å². The molecule has 120 valence electrons. The molecule has 0 saturated carbocycles. The summed E-state index contributed by atoms with van der Waals surface area (Å²) in [5.41, 5.74) is 0.834. The quantitative estimate of drug-likeness (QED) is 0.587. The topological polar surface area (TPSA) is 46.2 Å². The highest BCUT2D eigenvalue weighted by atomic mass is 32.2. The summed E-state index contributed by atoms with van der Waals surface area (Å²) in [7, 11) is -3.19. The lowest BCUT2D eigenvalue weighted by Crippen LogP contribution is -2.26. The van der Waals surface area contributed by atoms with Gasteiger partial charge in [0.15, 0.2) is 0 Å². The summed E-state index contributed by atoms with van der Waals surface area (Å²) in [6, 6.07) is 9.31. The Labute approximate surface area is 130 Å². The molecule has 0 saturated heterocycles. The standard InChI is InChI=1S/C17H29NO2S/c1-2-3-4-5-6-7-8-12-15-18-21(19,20)16-17-13-10-9-11-14-17/h9-11,13-14,18H,2-8,12,15-16H2,1H3. The van der Waals surface area contributed by atoms with Crippen molar-refractivity contribution in [3.05, 3.63) is 35.9 Å². The van der Waals surface area contributed by atoms with Gasteiger partial charge in [0.25, 0.3) is 0 Å². The fraction of sp³-hybridized carbons (Fsp3) is 0.647. The van der Waals surface area contributed by atoms with E-state index >= 15 is 0 Å². The van der Waals surface area contributed by atoms with Crippen LogP contribution in [-0.2, 0) is 15.8 Å². The molecule has 4 heteroatoms. The maximum absolute atomic E-state index is 11.9. The first-order valence-electron chi connectivity index (χ1n) is 8.15. The molecule has 0 aliphatic carbocycles. The van der Waals surface area contributed by atoms with Gasteiger partial charge in [-0.05, 0) is 12.0 Å². The van der Waals surface area contributed by atoms with Crippen molar-refractivity contribution in [2.45, 2.75) is 64.0 Å². The third-order valence-corrected chi connectivity index (χ3v) is 4.91. The molecule has 1 aromatic rings. The summed E-state index contributed by atoms with van der Waals surface area (Å²) in [5, 5.41) is 0. The van der Waals surface area contributed by atoms with Crippen molar-refractivity contribution < 1.29 is 8.42 Å². The van der Waals surface area contributed by atoms with E-state index in [2.05, 4.69) is 11.6 Å². The highest BCUT2D eigenvalue weighted by molar-refractivity contribution is 7.88. The van der Waals surface area contributed by atoms with Crippen molar-refractivity contribution in [1.82, 2.24) is 4.72 Å². The Bertz CT molecular complexity index is 457. The summed E-state index contributed by atoms with van der Waals surface area (Å²) in [6.07, 6.45) is 9.79. The van der Waals surface area contributed by atoms with Crippen molar-refractivity contribution in [2.75, 3.05) is 6.54 Å². The second-order valence-corrected chi connectivity index (χ2v) is 7.42. The van der Waals surface area contributed by atoms with Crippen LogP contribution in [0.2, 0.25) is 0 Å². The highest BCUT2D eigenvalue weighted by Crippen LogP contribution is 2.08. The number of hydrogen-bond acceptors (Lipinski definition) is 2. The van der Waals surface area contributed by atoms with Gasteiger partial charge >= 0.3 is 0 Å². The molecule has 0 unspecified atom stereocenters. The van der Waals surface area contributed by atoms with Gasteiger partial charge in [0.2, 0.25) is 10.0 Å². The zero-order valence-electron chi connectivity index (χ0n) is 13.2. The summed E-state index contributed by atoms with van der Waals surface area (Å²) < 4.78 is 26.5. The molecule has 21 heavy (non-hydrogen) atoms. The molecule has 0 bridgehead atoms. The van der Waals surface area contributed by atoms with Crippen LogP contribution in [0.4, 0.5) is 0 Å². The van der Waals surface area contributed by atoms with Crippen LogP contribution >= 0.6 is 0 Å². The molecule has 0 spiro atoms. The number of hydrogen-bond donors (Lipinski definition) is 1. The molecule has 1 aromatic carbocycles. The average molecular weight is 311 g/mol. The van der Waals surface area contributed by atoms with E-state index in [0.717, 1.165) is 18.4 Å². The van der Waals surface area contributed by atoms with Crippen LogP contribution in [0.3, 0.4) is 0 Å². The number of sulfonamides is 1. The molecular weight excluding hydrogens is 282 g/mol. The summed E-state index contributed by atoms with van der Waals surface area (Å²) in [6.45, 7) is 2.78. The second-order valence-electron chi connectivity index (χ2n) is 5.61. The van der Waals surface area contributed by atoms with E-state index < -0.39 is 10.0 Å². The van der Waals surface area contributed by atoms with Crippen molar-refractivity contribution >= 4 is 10.0 Å². The molecule has 0 atom stereocenters. The molecule has 3 nitrogen and oxygen atoms in total. The van der Waals surface area contributed by atoms with Gasteiger partial charge in [-0.1, -0.05) is 82.2 Å². The first kappa shape index (κ1) is 18.2. The zero-order chi connectivity index (χ0) is 15.4. The van der Waals surface area contributed by atoms with Crippen LogP contribution in [0.25, 0.3) is 0 Å². The van der Waals surface area contributed by atoms with E-state index in [9.17, 15) is 8.42 Å². The minimum absolute atomic E-state index is 0.0743. The molecule has 0 aliphatic heterocycles. The first-order chi connectivity index (χ1) is 10.1. The van der Waals surface area contributed by atoms with Gasteiger partial charge in [0.1, 0.15) is 0 Å². The zero-order valence-corrected chi connectivity index (χ0v) is 14.0. The normalized spacial score (nSPS) is 11.7. The molecule has 0 aromatic heterocycles. The molecule has 0 fully saturated rings. The molecule has 0 amide bonds. The Hall–Kier alpha value is -0.870. The van der Waals surface area contributed by atoms with Crippen molar-refractivity contribution in [3.63, 3.8) is 0 Å². The molecule has 1 rings (SSSR count). The predicted octanol–water partition coefficient (Wildman–Crippen LogP) is 4.25. The number of unbranched alkanes of at least 4 members (excludes halogenated alkanes) is 7. The summed E-state index contributed by atoms with van der Waals surface area (Å²) in [4.78, 5) is 0. The molecule has 0 heterocycles. The van der Waals surface area contributed by atoms with Gasteiger partial charge in [-0.25, -0.2) is 13.1 Å². The summed E-state index contributed by atoms with van der Waals surface area (Å²) in [5.74, 6) is 0.0743. The van der Waals surface area contributed by atoms with Gasteiger partial charge in [0.05, 0.1) is 5.75 Å². The van der Waals surface area contributed by atoms with Crippen LogP contribution in [0, 0.1) is 0 Å². The minimum atomic E-state index is -3.19. The van der Waals surface area contributed by atoms with Crippen LogP contribution in [0.1, 0.15) is 63.9 Å². The van der Waals surface area contributed by atoms with Gasteiger partial charge in [-0.3, -0.25) is 0 Å².